The molecule has 0 saturated carbocycles. The number of fused-ring (bicyclic) bond motifs is 1. The van der Waals surface area contributed by atoms with Gasteiger partial charge in [-0.3, -0.25) is 5.32 Å². The highest BCUT2D eigenvalue weighted by molar-refractivity contribution is 5.82. The summed E-state index contributed by atoms with van der Waals surface area (Å²) >= 11 is 0. The summed E-state index contributed by atoms with van der Waals surface area (Å²) in [5.74, 6) is -0.872. The van der Waals surface area contributed by atoms with Gasteiger partial charge in [0.1, 0.15) is 5.54 Å². The lowest BCUT2D eigenvalue weighted by atomic mass is 9.91. The summed E-state index contributed by atoms with van der Waals surface area (Å²) in [4.78, 5) is 11.6. The molecule has 1 aromatic rings. The van der Waals surface area contributed by atoms with E-state index in [0.717, 1.165) is 17.5 Å². The quantitative estimate of drug-likeness (QED) is 0.724. The minimum absolute atomic E-state index is 0.0722. The topological polar surface area (TPSA) is 69.6 Å². The molecule has 0 amide bonds. The average molecular weight is 235 g/mol. The Bertz CT molecular complexity index is 432. The predicted molar refractivity (Wildman–Crippen MR) is 63.8 cm³/mol. The maximum atomic E-state index is 11.6. The first kappa shape index (κ1) is 12.1. The largest absolute Gasteiger partial charge is 0.480 e. The molecule has 0 bridgehead atoms. The first-order chi connectivity index (χ1) is 8.10. The van der Waals surface area contributed by atoms with Crippen LogP contribution in [0.3, 0.4) is 0 Å². The van der Waals surface area contributed by atoms with E-state index >= 15 is 0 Å². The molecule has 17 heavy (non-hydrogen) atoms. The Morgan fingerprint density at radius 2 is 2.24 bits per heavy atom. The third-order valence-electron chi connectivity index (χ3n) is 3.38. The monoisotopic (exact) mass is 235 g/mol. The van der Waals surface area contributed by atoms with Crippen molar-refractivity contribution < 1.29 is 15.0 Å². The standard InChI is InChI=1S/C13H17NO3/c1-9(8-15)14-13(12(16)17)7-6-10-4-2-3-5-11(10)13/h2-5,9,14-15H,6-8H2,1H3,(H,16,17). The van der Waals surface area contributed by atoms with Crippen LogP contribution in [0.2, 0.25) is 0 Å². The van der Waals surface area contributed by atoms with Crippen molar-refractivity contribution in [1.29, 1.82) is 0 Å². The molecule has 2 rings (SSSR count). The molecule has 0 aromatic heterocycles. The molecule has 0 fully saturated rings. The van der Waals surface area contributed by atoms with Crippen molar-refractivity contribution in [3.05, 3.63) is 35.4 Å². The smallest absolute Gasteiger partial charge is 0.328 e. The van der Waals surface area contributed by atoms with Crippen molar-refractivity contribution in [2.45, 2.75) is 31.3 Å². The van der Waals surface area contributed by atoms with E-state index in [9.17, 15) is 9.90 Å². The van der Waals surface area contributed by atoms with E-state index in [-0.39, 0.29) is 12.6 Å². The Morgan fingerprint density at radius 1 is 1.53 bits per heavy atom. The second kappa shape index (κ2) is 4.47. The summed E-state index contributed by atoms with van der Waals surface area (Å²) in [6, 6.07) is 7.36. The van der Waals surface area contributed by atoms with Crippen LogP contribution in [0.4, 0.5) is 0 Å². The van der Waals surface area contributed by atoms with Crippen molar-refractivity contribution in [1.82, 2.24) is 5.32 Å². The van der Waals surface area contributed by atoms with E-state index in [4.69, 9.17) is 5.11 Å². The minimum Gasteiger partial charge on any atom is -0.480 e. The van der Waals surface area contributed by atoms with Gasteiger partial charge in [0, 0.05) is 6.04 Å². The highest BCUT2D eigenvalue weighted by Gasteiger charge is 2.45. The number of aliphatic hydroxyl groups excluding tert-OH is 1. The van der Waals surface area contributed by atoms with Crippen LogP contribution in [0.25, 0.3) is 0 Å². The van der Waals surface area contributed by atoms with E-state index < -0.39 is 11.5 Å². The van der Waals surface area contributed by atoms with Crippen molar-refractivity contribution in [2.75, 3.05) is 6.61 Å². The number of hydrogen-bond donors (Lipinski definition) is 3. The zero-order chi connectivity index (χ0) is 12.5. The zero-order valence-corrected chi connectivity index (χ0v) is 9.81. The summed E-state index contributed by atoms with van der Waals surface area (Å²) in [6.45, 7) is 1.71. The number of hydrogen-bond acceptors (Lipinski definition) is 3. The van der Waals surface area contributed by atoms with Crippen LogP contribution in [-0.2, 0) is 16.8 Å². The molecule has 2 unspecified atom stereocenters. The molecule has 1 aromatic carbocycles. The molecule has 0 heterocycles. The van der Waals surface area contributed by atoms with Gasteiger partial charge in [-0.25, -0.2) is 4.79 Å². The number of carboxylic acid groups (broad SMARTS) is 1. The molecule has 1 aliphatic carbocycles. The Hall–Kier alpha value is -1.39. The summed E-state index contributed by atoms with van der Waals surface area (Å²) in [7, 11) is 0. The lowest BCUT2D eigenvalue weighted by Crippen LogP contribution is -2.52. The van der Waals surface area contributed by atoms with Gasteiger partial charge < -0.3 is 10.2 Å². The molecular weight excluding hydrogens is 218 g/mol. The van der Waals surface area contributed by atoms with Crippen LogP contribution >= 0.6 is 0 Å². The number of nitrogens with one attached hydrogen (secondary N) is 1. The number of aliphatic hydroxyl groups is 1. The van der Waals surface area contributed by atoms with Crippen molar-refractivity contribution in [3.8, 4) is 0 Å². The van der Waals surface area contributed by atoms with E-state index in [1.165, 1.54) is 0 Å². The molecule has 0 saturated heterocycles. The Kier molecular flexibility index (Phi) is 3.17. The molecule has 92 valence electrons. The molecule has 1 aliphatic rings. The van der Waals surface area contributed by atoms with Crippen LogP contribution in [0, 0.1) is 0 Å². The molecule has 2 atom stereocenters. The van der Waals surface area contributed by atoms with E-state index in [1.54, 1.807) is 6.92 Å². The maximum absolute atomic E-state index is 11.6. The van der Waals surface area contributed by atoms with E-state index in [0.29, 0.717) is 6.42 Å². The van der Waals surface area contributed by atoms with Crippen LogP contribution in [0.15, 0.2) is 24.3 Å². The Balaban J connectivity index is 2.41. The summed E-state index contributed by atoms with van der Waals surface area (Å²) in [6.07, 6.45) is 1.29. The molecule has 4 heteroatoms. The van der Waals surface area contributed by atoms with Gasteiger partial charge in [-0.15, -0.1) is 0 Å². The highest BCUT2D eigenvalue weighted by atomic mass is 16.4. The highest BCUT2D eigenvalue weighted by Crippen LogP contribution is 2.37. The third-order valence-corrected chi connectivity index (χ3v) is 3.38. The molecule has 0 radical (unpaired) electrons. The average Bonchev–Trinajstić information content (AvgIpc) is 2.70. The lowest BCUT2D eigenvalue weighted by molar-refractivity contribution is -0.145. The van der Waals surface area contributed by atoms with Gasteiger partial charge in [0.15, 0.2) is 0 Å². The lowest BCUT2D eigenvalue weighted by Gasteiger charge is -2.30. The Labute approximate surface area is 100 Å². The number of aryl methyl sites for hydroxylation is 1. The van der Waals surface area contributed by atoms with Gasteiger partial charge in [-0.1, -0.05) is 24.3 Å². The number of carbonyl (C=O) groups is 1. The molecule has 0 spiro atoms. The van der Waals surface area contributed by atoms with Crippen LogP contribution in [-0.4, -0.2) is 28.8 Å². The van der Waals surface area contributed by atoms with Gasteiger partial charge in [0.25, 0.3) is 0 Å². The van der Waals surface area contributed by atoms with Crippen LogP contribution in [0.1, 0.15) is 24.5 Å². The number of carboxylic acids is 1. The van der Waals surface area contributed by atoms with Gasteiger partial charge in [0.05, 0.1) is 6.61 Å². The summed E-state index contributed by atoms with van der Waals surface area (Å²) in [5, 5.41) is 21.6. The van der Waals surface area contributed by atoms with Crippen molar-refractivity contribution in [3.63, 3.8) is 0 Å². The molecule has 0 aliphatic heterocycles. The second-order valence-corrected chi connectivity index (χ2v) is 4.60. The maximum Gasteiger partial charge on any atom is 0.328 e. The fraction of sp³-hybridized carbons (Fsp3) is 0.462. The Morgan fingerprint density at radius 3 is 2.88 bits per heavy atom. The molecule has 4 nitrogen and oxygen atoms in total. The molecule has 3 N–H and O–H groups in total. The third kappa shape index (κ3) is 1.94. The summed E-state index contributed by atoms with van der Waals surface area (Å²) < 4.78 is 0. The SMILES string of the molecule is CC(CO)NC1(C(=O)O)CCc2ccccc21. The number of aliphatic carboxylic acids is 1. The van der Waals surface area contributed by atoms with Gasteiger partial charge >= 0.3 is 5.97 Å². The first-order valence-corrected chi connectivity index (χ1v) is 5.80. The normalized spacial score (nSPS) is 24.4. The van der Waals surface area contributed by atoms with Crippen LogP contribution in [0.5, 0.6) is 0 Å². The minimum atomic E-state index is -1.04. The molecular formula is C13H17NO3. The van der Waals surface area contributed by atoms with E-state index in [1.807, 2.05) is 24.3 Å². The number of benzene rings is 1. The number of rotatable bonds is 4. The van der Waals surface area contributed by atoms with Crippen molar-refractivity contribution in [2.24, 2.45) is 0 Å². The summed E-state index contributed by atoms with van der Waals surface area (Å²) in [5.41, 5.74) is 0.860. The first-order valence-electron chi connectivity index (χ1n) is 5.80. The zero-order valence-electron chi connectivity index (χ0n) is 9.81. The van der Waals surface area contributed by atoms with Crippen molar-refractivity contribution >= 4 is 5.97 Å². The van der Waals surface area contributed by atoms with E-state index in [2.05, 4.69) is 5.32 Å². The van der Waals surface area contributed by atoms with Gasteiger partial charge in [0.2, 0.25) is 0 Å². The fourth-order valence-electron chi connectivity index (χ4n) is 2.51. The fourth-order valence-corrected chi connectivity index (χ4v) is 2.51. The van der Waals surface area contributed by atoms with Gasteiger partial charge in [-0.2, -0.15) is 0 Å². The van der Waals surface area contributed by atoms with Gasteiger partial charge in [-0.05, 0) is 30.9 Å². The predicted octanol–water partition coefficient (Wildman–Crippen LogP) is 0.883. The second-order valence-electron chi connectivity index (χ2n) is 4.60. The van der Waals surface area contributed by atoms with Crippen LogP contribution < -0.4 is 5.32 Å².